The zero-order chi connectivity index (χ0) is 20.5. The van der Waals surface area contributed by atoms with Gasteiger partial charge in [0.1, 0.15) is 5.75 Å². The fraction of sp³-hybridized carbons (Fsp3) is 0.333. The molecule has 5 N–H and O–H groups in total. The normalized spacial score (nSPS) is 11.2. The van der Waals surface area contributed by atoms with Crippen LogP contribution >= 0.6 is 11.3 Å². The monoisotopic (exact) mass is 414 g/mol. The van der Waals surface area contributed by atoms with E-state index < -0.39 is 0 Å². The van der Waals surface area contributed by atoms with Crippen LogP contribution in [0.4, 0.5) is 0 Å². The van der Waals surface area contributed by atoms with Gasteiger partial charge in [0, 0.05) is 59.4 Å². The Morgan fingerprint density at radius 3 is 2.38 bits per heavy atom. The van der Waals surface area contributed by atoms with Crippen LogP contribution in [-0.4, -0.2) is 51.8 Å². The van der Waals surface area contributed by atoms with Crippen molar-refractivity contribution in [3.63, 3.8) is 0 Å². The Hall–Kier alpha value is -2.36. The third-order valence-corrected chi connectivity index (χ3v) is 5.48. The number of carbonyl (C=O) groups is 1. The summed E-state index contributed by atoms with van der Waals surface area (Å²) in [6.07, 6.45) is 0. The first-order valence-electron chi connectivity index (χ1n) is 9.67. The molecule has 0 fully saturated rings. The number of fused-ring (bicyclic) bond motifs is 2. The summed E-state index contributed by atoms with van der Waals surface area (Å²) in [5.41, 5.74) is 5.35. The first-order chi connectivity index (χ1) is 14.2. The molecular formula is C21H26N4O3S. The van der Waals surface area contributed by atoms with Crippen molar-refractivity contribution in [1.82, 2.24) is 16.0 Å². The maximum Gasteiger partial charge on any atom is 0.325 e. The third-order valence-electron chi connectivity index (χ3n) is 4.33. The zero-order valence-corrected chi connectivity index (χ0v) is 17.0. The number of nitrogens with one attached hydrogen (secondary N) is 3. The van der Waals surface area contributed by atoms with E-state index in [1.54, 1.807) is 23.5 Å². The average molecular weight is 415 g/mol. The second-order valence-corrected chi connectivity index (χ2v) is 7.61. The maximum absolute atomic E-state index is 12.7. The molecule has 0 unspecified atom stereocenters. The molecule has 3 rings (SSSR count). The Morgan fingerprint density at radius 1 is 0.897 bits per heavy atom. The summed E-state index contributed by atoms with van der Waals surface area (Å²) < 4.78 is 7.20. The van der Waals surface area contributed by atoms with Crippen LogP contribution in [0.25, 0.3) is 20.2 Å². The highest BCUT2D eigenvalue weighted by Gasteiger charge is 2.09. The largest absolute Gasteiger partial charge is 0.426 e. The highest BCUT2D eigenvalue weighted by molar-refractivity contribution is 7.24. The van der Waals surface area contributed by atoms with Gasteiger partial charge in [0.15, 0.2) is 5.43 Å². The van der Waals surface area contributed by atoms with Crippen LogP contribution in [0.15, 0.2) is 47.3 Å². The predicted octanol–water partition coefficient (Wildman–Crippen LogP) is 1.05. The highest BCUT2D eigenvalue weighted by atomic mass is 32.1. The van der Waals surface area contributed by atoms with Gasteiger partial charge in [0.25, 0.3) is 0 Å². The van der Waals surface area contributed by atoms with Gasteiger partial charge < -0.3 is 26.4 Å². The van der Waals surface area contributed by atoms with Crippen molar-refractivity contribution in [2.45, 2.75) is 0 Å². The molecule has 1 aromatic heterocycles. The van der Waals surface area contributed by atoms with Crippen LogP contribution in [0.5, 0.6) is 5.75 Å². The van der Waals surface area contributed by atoms with Gasteiger partial charge in [-0.3, -0.25) is 9.59 Å². The first-order valence-corrected chi connectivity index (χ1v) is 10.5. The number of esters is 1. The molecule has 0 aliphatic carbocycles. The van der Waals surface area contributed by atoms with Crippen molar-refractivity contribution in [1.29, 1.82) is 0 Å². The van der Waals surface area contributed by atoms with E-state index in [2.05, 4.69) is 16.0 Å². The summed E-state index contributed by atoms with van der Waals surface area (Å²) in [5.74, 6) is -0.00106. The maximum atomic E-state index is 12.7. The van der Waals surface area contributed by atoms with Crippen molar-refractivity contribution in [2.24, 2.45) is 5.73 Å². The van der Waals surface area contributed by atoms with E-state index in [9.17, 15) is 9.59 Å². The third kappa shape index (κ3) is 6.06. The molecule has 3 aromatic rings. The highest BCUT2D eigenvalue weighted by Crippen LogP contribution is 2.27. The van der Waals surface area contributed by atoms with Crippen molar-refractivity contribution in [3.05, 3.63) is 52.7 Å². The quantitative estimate of drug-likeness (QED) is 0.161. The Morgan fingerprint density at radius 2 is 1.59 bits per heavy atom. The molecule has 0 atom stereocenters. The Balaban J connectivity index is 1.48. The van der Waals surface area contributed by atoms with Crippen LogP contribution < -0.4 is 31.8 Å². The molecule has 0 aliphatic rings. The van der Waals surface area contributed by atoms with E-state index in [4.69, 9.17) is 10.5 Å². The van der Waals surface area contributed by atoms with Crippen molar-refractivity contribution < 1.29 is 9.53 Å². The summed E-state index contributed by atoms with van der Waals surface area (Å²) >= 11 is 1.55. The smallest absolute Gasteiger partial charge is 0.325 e. The molecule has 0 radical (unpaired) electrons. The van der Waals surface area contributed by atoms with Crippen LogP contribution in [0, 0.1) is 0 Å². The molecular weight excluding hydrogens is 388 g/mol. The summed E-state index contributed by atoms with van der Waals surface area (Å²) in [6, 6.07) is 12.7. The summed E-state index contributed by atoms with van der Waals surface area (Å²) in [5, 5.41) is 10.7. The predicted molar refractivity (Wildman–Crippen MR) is 119 cm³/mol. The molecule has 8 heteroatoms. The molecule has 0 amide bonds. The first kappa shape index (κ1) is 21.4. The lowest BCUT2D eigenvalue weighted by molar-refractivity contribution is -0.133. The van der Waals surface area contributed by atoms with Gasteiger partial charge >= 0.3 is 5.97 Å². The standard InChI is InChI=1S/C21H26N4O3S/c22-7-8-23-9-10-24-11-12-25-14-20(26)28-15-5-6-19-17(13-15)21(27)16-3-1-2-4-18(16)29-19/h1-6,13,23-25H,7-12,14,22H2. The molecule has 1 heterocycles. The lowest BCUT2D eigenvalue weighted by atomic mass is 10.2. The molecule has 29 heavy (non-hydrogen) atoms. The summed E-state index contributed by atoms with van der Waals surface area (Å²) in [7, 11) is 0. The Labute approximate surface area is 173 Å². The Kier molecular flexibility index (Phi) is 8.09. The van der Waals surface area contributed by atoms with Gasteiger partial charge in [0.2, 0.25) is 0 Å². The number of rotatable bonds is 11. The number of hydrogen-bond donors (Lipinski definition) is 4. The molecule has 2 aromatic carbocycles. The summed E-state index contributed by atoms with van der Waals surface area (Å²) in [4.78, 5) is 24.8. The molecule has 154 valence electrons. The van der Waals surface area contributed by atoms with Gasteiger partial charge in [-0.05, 0) is 30.3 Å². The molecule has 7 nitrogen and oxygen atoms in total. The lowest BCUT2D eigenvalue weighted by Gasteiger charge is -2.08. The fourth-order valence-electron chi connectivity index (χ4n) is 2.91. The van der Waals surface area contributed by atoms with Gasteiger partial charge in [-0.1, -0.05) is 12.1 Å². The summed E-state index contributed by atoms with van der Waals surface area (Å²) in [6.45, 7) is 4.66. The number of nitrogens with two attached hydrogens (primary N) is 1. The van der Waals surface area contributed by atoms with E-state index >= 15 is 0 Å². The average Bonchev–Trinajstić information content (AvgIpc) is 2.73. The molecule has 0 saturated carbocycles. The minimum Gasteiger partial charge on any atom is -0.426 e. The van der Waals surface area contributed by atoms with Crippen molar-refractivity contribution >= 4 is 37.5 Å². The van der Waals surface area contributed by atoms with Crippen molar-refractivity contribution in [3.8, 4) is 5.75 Å². The van der Waals surface area contributed by atoms with Gasteiger partial charge in [-0.15, -0.1) is 11.3 Å². The minimum atomic E-state index is -0.383. The second-order valence-electron chi connectivity index (χ2n) is 6.52. The van der Waals surface area contributed by atoms with Gasteiger partial charge in [-0.25, -0.2) is 0 Å². The van der Waals surface area contributed by atoms with Crippen LogP contribution in [-0.2, 0) is 4.79 Å². The number of benzene rings is 2. The van der Waals surface area contributed by atoms with E-state index in [0.29, 0.717) is 29.6 Å². The Bertz CT molecular complexity index is 1020. The van der Waals surface area contributed by atoms with Gasteiger partial charge in [0.05, 0.1) is 6.54 Å². The zero-order valence-electron chi connectivity index (χ0n) is 16.2. The SMILES string of the molecule is NCCNCCNCCNCC(=O)Oc1ccc2sc3ccccc3c(=O)c2c1. The molecule has 0 saturated heterocycles. The lowest BCUT2D eigenvalue weighted by Crippen LogP contribution is -2.36. The number of hydrogen-bond acceptors (Lipinski definition) is 8. The van der Waals surface area contributed by atoms with Gasteiger partial charge in [-0.2, -0.15) is 0 Å². The van der Waals surface area contributed by atoms with Crippen molar-refractivity contribution in [2.75, 3.05) is 45.8 Å². The van der Waals surface area contributed by atoms with Crippen LogP contribution in [0.1, 0.15) is 0 Å². The van der Waals surface area contributed by atoms with E-state index in [1.165, 1.54) is 0 Å². The molecule has 0 bridgehead atoms. The van der Waals surface area contributed by atoms with E-state index in [1.807, 2.05) is 30.3 Å². The van der Waals surface area contributed by atoms with E-state index in [0.717, 1.165) is 35.6 Å². The molecule has 0 aliphatic heterocycles. The topological polar surface area (TPSA) is 105 Å². The van der Waals surface area contributed by atoms with Crippen LogP contribution in [0.3, 0.4) is 0 Å². The molecule has 0 spiro atoms. The number of carbonyl (C=O) groups excluding carboxylic acids is 1. The fourth-order valence-corrected chi connectivity index (χ4v) is 3.96. The van der Waals surface area contributed by atoms with Crippen LogP contribution in [0.2, 0.25) is 0 Å². The second kappa shape index (κ2) is 11.0. The van der Waals surface area contributed by atoms with E-state index in [-0.39, 0.29) is 17.9 Å². The number of ether oxygens (including phenoxy) is 1. The minimum absolute atomic E-state index is 0.0441.